The lowest BCUT2D eigenvalue weighted by Crippen LogP contribution is -2.66. The zero-order chi connectivity index (χ0) is 20.5. The first kappa shape index (κ1) is 23.7. The average Bonchev–Trinajstić information content (AvgIpc) is 2.52. The Morgan fingerprint density at radius 2 is 1.27 bits per heavy atom. The van der Waals surface area contributed by atoms with E-state index < -0.39 is 81.5 Å². The van der Waals surface area contributed by atoms with Crippen LogP contribution in [0.2, 0.25) is 0 Å². The molecular formula is C13H22N2O11. The maximum atomic E-state index is 11.5. The average molecular weight is 382 g/mol. The van der Waals surface area contributed by atoms with Crippen LogP contribution in [0.1, 0.15) is 0 Å². The van der Waals surface area contributed by atoms with Crippen molar-refractivity contribution in [2.45, 2.75) is 11.6 Å². The van der Waals surface area contributed by atoms with Crippen LogP contribution in [0.25, 0.3) is 0 Å². The van der Waals surface area contributed by atoms with E-state index >= 15 is 0 Å². The lowest BCUT2D eigenvalue weighted by Gasteiger charge is -2.41. The van der Waals surface area contributed by atoms with E-state index in [1.165, 1.54) is 0 Å². The quantitative estimate of drug-likeness (QED) is 0.153. The second kappa shape index (κ2) is 10.6. The molecule has 1 atom stereocenters. The second-order valence-electron chi connectivity index (χ2n) is 5.38. The fourth-order valence-corrected chi connectivity index (χ4v) is 2.31. The number of rotatable bonds is 14. The molecule has 0 aliphatic rings. The minimum Gasteiger partial charge on any atom is -0.480 e. The maximum Gasteiger partial charge on any atom is 0.328 e. The zero-order valence-corrected chi connectivity index (χ0v) is 13.7. The lowest BCUT2D eigenvalue weighted by atomic mass is 9.96. The second-order valence-corrected chi connectivity index (χ2v) is 5.38. The van der Waals surface area contributed by atoms with Crippen LogP contribution in [0.15, 0.2) is 0 Å². The van der Waals surface area contributed by atoms with Gasteiger partial charge >= 0.3 is 23.9 Å². The van der Waals surface area contributed by atoms with Gasteiger partial charge in [0, 0.05) is 13.1 Å². The Labute approximate surface area is 147 Å². The Kier molecular flexibility index (Phi) is 9.67. The fraction of sp³-hybridized carbons (Fsp3) is 0.692. The SMILES string of the molecule is O=C(O)CN(CCN(C(CO)C(=O)O)C(CO)(CO)C(=O)O)CC(=O)O. The molecule has 1 unspecified atom stereocenters. The summed E-state index contributed by atoms with van der Waals surface area (Å²) >= 11 is 0. The highest BCUT2D eigenvalue weighted by Gasteiger charge is 2.48. The third-order valence-electron chi connectivity index (χ3n) is 3.68. The monoisotopic (exact) mass is 382 g/mol. The van der Waals surface area contributed by atoms with Gasteiger partial charge in [-0.15, -0.1) is 0 Å². The first-order chi connectivity index (χ1) is 12.0. The smallest absolute Gasteiger partial charge is 0.328 e. The van der Waals surface area contributed by atoms with Crippen LogP contribution >= 0.6 is 0 Å². The molecular weight excluding hydrogens is 360 g/mol. The highest BCUT2D eigenvalue weighted by molar-refractivity contribution is 5.81. The van der Waals surface area contributed by atoms with E-state index in [-0.39, 0.29) is 0 Å². The van der Waals surface area contributed by atoms with E-state index in [0.29, 0.717) is 4.90 Å². The van der Waals surface area contributed by atoms with Crippen LogP contribution in [0.5, 0.6) is 0 Å². The van der Waals surface area contributed by atoms with Crippen LogP contribution < -0.4 is 0 Å². The molecule has 0 saturated carbocycles. The van der Waals surface area contributed by atoms with Crippen molar-refractivity contribution in [2.75, 3.05) is 46.0 Å². The summed E-state index contributed by atoms with van der Waals surface area (Å²) in [5.41, 5.74) is -2.48. The predicted octanol–water partition coefficient (Wildman–Crippen LogP) is -3.99. The van der Waals surface area contributed by atoms with E-state index in [1.54, 1.807) is 0 Å². The summed E-state index contributed by atoms with van der Waals surface area (Å²) in [6.45, 7) is -5.92. The molecule has 150 valence electrons. The molecule has 0 amide bonds. The first-order valence-electron chi connectivity index (χ1n) is 7.27. The van der Waals surface area contributed by atoms with Gasteiger partial charge in [0.25, 0.3) is 0 Å². The molecule has 0 spiro atoms. The summed E-state index contributed by atoms with van der Waals surface area (Å²) in [6, 6.07) is -1.85. The third-order valence-corrected chi connectivity index (χ3v) is 3.68. The Morgan fingerprint density at radius 1 is 0.808 bits per heavy atom. The molecule has 0 aliphatic carbocycles. The van der Waals surface area contributed by atoms with Gasteiger partial charge in [-0.25, -0.2) is 0 Å². The van der Waals surface area contributed by atoms with Gasteiger partial charge in [-0.3, -0.25) is 29.0 Å². The Hall–Kier alpha value is -2.32. The first-order valence-corrected chi connectivity index (χ1v) is 7.27. The van der Waals surface area contributed by atoms with E-state index in [9.17, 15) is 44.7 Å². The van der Waals surface area contributed by atoms with Crippen molar-refractivity contribution in [1.29, 1.82) is 0 Å². The van der Waals surface area contributed by atoms with Crippen molar-refractivity contribution in [3.8, 4) is 0 Å². The molecule has 0 aromatic heterocycles. The number of carboxylic acids is 4. The number of carbonyl (C=O) groups is 4. The molecule has 13 nitrogen and oxygen atoms in total. The summed E-state index contributed by atoms with van der Waals surface area (Å²) in [6.07, 6.45) is 0. The number of carboxylic acid groups (broad SMARTS) is 4. The lowest BCUT2D eigenvalue weighted by molar-refractivity contribution is -0.169. The van der Waals surface area contributed by atoms with Gasteiger partial charge in [0.05, 0.1) is 32.9 Å². The standard InChI is InChI=1S/C13H22N2O11/c16-5-8(11(23)24)15(13(6-17,7-18)12(25)26)2-1-14(3-9(19)20)4-10(21)22/h8,16-18H,1-7H2,(H,19,20)(H,21,22)(H,23,24)(H,25,26). The van der Waals surface area contributed by atoms with Crippen molar-refractivity contribution in [3.63, 3.8) is 0 Å². The van der Waals surface area contributed by atoms with Crippen molar-refractivity contribution in [2.24, 2.45) is 0 Å². The number of hydrogen-bond donors (Lipinski definition) is 7. The Balaban J connectivity index is 5.71. The highest BCUT2D eigenvalue weighted by atomic mass is 16.4. The van der Waals surface area contributed by atoms with Gasteiger partial charge < -0.3 is 35.7 Å². The summed E-state index contributed by atoms with van der Waals surface area (Å²) < 4.78 is 0. The summed E-state index contributed by atoms with van der Waals surface area (Å²) in [5, 5.41) is 64.3. The van der Waals surface area contributed by atoms with Crippen molar-refractivity contribution < 1.29 is 54.9 Å². The van der Waals surface area contributed by atoms with Crippen molar-refractivity contribution in [1.82, 2.24) is 9.80 Å². The number of aliphatic carboxylic acids is 4. The topological polar surface area (TPSA) is 216 Å². The fourth-order valence-electron chi connectivity index (χ4n) is 2.31. The molecule has 13 heteroatoms. The number of aliphatic hydroxyl groups excluding tert-OH is 3. The Morgan fingerprint density at radius 3 is 1.54 bits per heavy atom. The summed E-state index contributed by atoms with van der Waals surface area (Å²) in [7, 11) is 0. The largest absolute Gasteiger partial charge is 0.480 e. The highest BCUT2D eigenvalue weighted by Crippen LogP contribution is 2.19. The zero-order valence-electron chi connectivity index (χ0n) is 13.7. The van der Waals surface area contributed by atoms with Gasteiger partial charge in [0.1, 0.15) is 6.04 Å². The molecule has 7 N–H and O–H groups in total. The molecule has 0 rings (SSSR count). The van der Waals surface area contributed by atoms with Gasteiger partial charge in [-0.2, -0.15) is 0 Å². The molecule has 0 aromatic carbocycles. The van der Waals surface area contributed by atoms with Crippen LogP contribution in [0.3, 0.4) is 0 Å². The Bertz CT molecular complexity index is 504. The molecule has 0 heterocycles. The van der Waals surface area contributed by atoms with Gasteiger partial charge in [0.2, 0.25) is 0 Å². The molecule has 26 heavy (non-hydrogen) atoms. The predicted molar refractivity (Wildman–Crippen MR) is 81.5 cm³/mol. The number of aliphatic hydroxyl groups is 3. The number of hydrogen-bond acceptors (Lipinski definition) is 9. The molecule has 0 aliphatic heterocycles. The third kappa shape index (κ3) is 6.20. The van der Waals surface area contributed by atoms with Crippen LogP contribution in [0.4, 0.5) is 0 Å². The number of nitrogens with zero attached hydrogens (tertiary/aromatic N) is 2. The minimum atomic E-state index is -2.48. The van der Waals surface area contributed by atoms with Gasteiger partial charge in [-0.05, 0) is 0 Å². The van der Waals surface area contributed by atoms with Gasteiger partial charge in [0.15, 0.2) is 5.54 Å². The molecule has 0 bridgehead atoms. The van der Waals surface area contributed by atoms with Gasteiger partial charge in [-0.1, -0.05) is 0 Å². The van der Waals surface area contributed by atoms with E-state index in [2.05, 4.69) is 0 Å². The summed E-state index contributed by atoms with van der Waals surface area (Å²) in [4.78, 5) is 45.9. The van der Waals surface area contributed by atoms with Crippen LogP contribution in [-0.2, 0) is 19.2 Å². The maximum absolute atomic E-state index is 11.5. The van der Waals surface area contributed by atoms with Crippen LogP contribution in [-0.4, -0.2) is 127 Å². The molecule has 0 radical (unpaired) electrons. The molecule has 0 aromatic rings. The summed E-state index contributed by atoms with van der Waals surface area (Å²) in [5.74, 6) is -6.17. The van der Waals surface area contributed by atoms with E-state index in [0.717, 1.165) is 4.90 Å². The molecule has 0 fully saturated rings. The van der Waals surface area contributed by atoms with E-state index in [4.69, 9.17) is 10.2 Å². The van der Waals surface area contributed by atoms with E-state index in [1.807, 2.05) is 0 Å². The van der Waals surface area contributed by atoms with Crippen LogP contribution in [0, 0.1) is 0 Å². The molecule has 0 saturated heterocycles. The van der Waals surface area contributed by atoms with Crippen molar-refractivity contribution >= 4 is 23.9 Å². The normalized spacial score (nSPS) is 13.0. The minimum absolute atomic E-state index is 0.419. The van der Waals surface area contributed by atoms with Crippen molar-refractivity contribution in [3.05, 3.63) is 0 Å².